The van der Waals surface area contributed by atoms with Gasteiger partial charge in [-0.2, -0.15) is 0 Å². The third kappa shape index (κ3) is 4.06. The Kier molecular flexibility index (Phi) is 5.44. The molecular weight excluding hydrogens is 462 g/mol. The molecular formula is C36H40NO+. The predicted molar refractivity (Wildman–Crippen MR) is 161 cm³/mol. The third-order valence-corrected chi connectivity index (χ3v) is 7.94. The second-order valence-corrected chi connectivity index (χ2v) is 13.9. The molecule has 0 bridgehead atoms. The first-order chi connectivity index (χ1) is 17.8. The normalized spacial score (nSPS) is 13.3. The number of aryl methyl sites for hydroxylation is 3. The van der Waals surface area contributed by atoms with Gasteiger partial charge in [-0.05, 0) is 76.3 Å². The highest BCUT2D eigenvalue weighted by molar-refractivity contribution is 6.16. The van der Waals surface area contributed by atoms with E-state index in [1.165, 1.54) is 65.8 Å². The van der Waals surface area contributed by atoms with Crippen LogP contribution in [0.1, 0.15) is 63.8 Å². The molecule has 0 N–H and O–H groups in total. The molecule has 6 rings (SSSR count). The van der Waals surface area contributed by atoms with Crippen molar-refractivity contribution in [2.45, 2.75) is 68.2 Å². The lowest BCUT2D eigenvalue weighted by atomic mass is 9.81. The van der Waals surface area contributed by atoms with Gasteiger partial charge in [0.15, 0.2) is 6.20 Å². The number of aromatic nitrogens is 1. The number of nitrogens with zero attached hydrogens (tertiary/aromatic N) is 1. The lowest BCUT2D eigenvalue weighted by molar-refractivity contribution is -0.659. The highest BCUT2D eigenvalue weighted by atomic mass is 16.5. The Morgan fingerprint density at radius 3 is 2.18 bits per heavy atom. The van der Waals surface area contributed by atoms with Crippen LogP contribution < -0.4 is 9.30 Å². The Morgan fingerprint density at radius 1 is 0.737 bits per heavy atom. The van der Waals surface area contributed by atoms with E-state index >= 15 is 0 Å². The molecule has 0 radical (unpaired) electrons. The molecule has 0 fully saturated rings. The summed E-state index contributed by atoms with van der Waals surface area (Å²) in [7, 11) is 2.18. The lowest BCUT2D eigenvalue weighted by Gasteiger charge is -2.28. The van der Waals surface area contributed by atoms with Crippen molar-refractivity contribution >= 4 is 32.3 Å². The Bertz CT molecular complexity index is 1780. The average Bonchev–Trinajstić information content (AvgIpc) is 2.81. The SMILES string of the molecule is Cc1ccc2c(C)c3c(c(CC(C)(C)C)c2c1)Oc1cc2ccc(CC(C)(C)C)cc2c2cc[n+](C)c-3c12. The second kappa shape index (κ2) is 8.30. The Labute approximate surface area is 227 Å². The first-order valence-electron chi connectivity index (χ1n) is 13.9. The number of rotatable bonds is 2. The summed E-state index contributed by atoms with van der Waals surface area (Å²) in [6.07, 6.45) is 4.24. The molecule has 1 aliphatic rings. The van der Waals surface area contributed by atoms with Gasteiger partial charge in [0.2, 0.25) is 5.69 Å². The number of fused-ring (bicyclic) bond motifs is 5. The van der Waals surface area contributed by atoms with Crippen molar-refractivity contribution < 1.29 is 9.30 Å². The van der Waals surface area contributed by atoms with E-state index in [2.05, 4.69) is 122 Å². The predicted octanol–water partition coefficient (Wildman–Crippen LogP) is 9.54. The summed E-state index contributed by atoms with van der Waals surface area (Å²) in [5, 5.41) is 7.68. The minimum atomic E-state index is 0.129. The van der Waals surface area contributed by atoms with E-state index in [9.17, 15) is 0 Å². The lowest BCUT2D eigenvalue weighted by Crippen LogP contribution is -2.32. The van der Waals surface area contributed by atoms with Gasteiger partial charge in [0.1, 0.15) is 18.5 Å². The van der Waals surface area contributed by atoms with Crippen LogP contribution in [0, 0.1) is 24.7 Å². The molecule has 0 atom stereocenters. The smallest absolute Gasteiger partial charge is 0.228 e. The van der Waals surface area contributed by atoms with Crippen molar-refractivity contribution in [3.05, 3.63) is 77.0 Å². The molecule has 2 heteroatoms. The largest absolute Gasteiger partial charge is 0.455 e. The van der Waals surface area contributed by atoms with E-state index in [4.69, 9.17) is 4.74 Å². The van der Waals surface area contributed by atoms with Gasteiger partial charge in [-0.3, -0.25) is 0 Å². The first-order valence-corrected chi connectivity index (χ1v) is 13.9. The van der Waals surface area contributed by atoms with Gasteiger partial charge in [-0.1, -0.05) is 83.5 Å². The van der Waals surface area contributed by atoms with Crippen LogP contribution >= 0.6 is 0 Å². The van der Waals surface area contributed by atoms with E-state index in [1.807, 2.05) is 0 Å². The van der Waals surface area contributed by atoms with E-state index in [-0.39, 0.29) is 10.8 Å². The first kappa shape index (κ1) is 24.9. The fourth-order valence-electron chi connectivity index (χ4n) is 6.43. The number of ether oxygens (including phenoxy) is 1. The number of hydrogen-bond donors (Lipinski definition) is 0. The fourth-order valence-corrected chi connectivity index (χ4v) is 6.43. The van der Waals surface area contributed by atoms with Crippen LogP contribution in [0.5, 0.6) is 11.5 Å². The molecule has 0 saturated carbocycles. The van der Waals surface area contributed by atoms with Crippen molar-refractivity contribution in [2.24, 2.45) is 17.9 Å². The van der Waals surface area contributed by atoms with Crippen LogP contribution in [0.15, 0.2) is 54.7 Å². The monoisotopic (exact) mass is 502 g/mol. The summed E-state index contributed by atoms with van der Waals surface area (Å²) in [6, 6.07) is 18.4. The molecule has 4 aromatic carbocycles. The zero-order chi connectivity index (χ0) is 27.1. The summed E-state index contributed by atoms with van der Waals surface area (Å²) in [5.41, 5.74) is 8.16. The van der Waals surface area contributed by atoms with E-state index in [1.54, 1.807) is 0 Å². The molecule has 0 amide bonds. The maximum Gasteiger partial charge on any atom is 0.228 e. The van der Waals surface area contributed by atoms with Crippen molar-refractivity contribution in [3.8, 4) is 22.8 Å². The molecule has 2 nitrogen and oxygen atoms in total. The van der Waals surface area contributed by atoms with Gasteiger partial charge in [-0.15, -0.1) is 0 Å². The minimum Gasteiger partial charge on any atom is -0.455 e. The molecule has 0 aliphatic carbocycles. The van der Waals surface area contributed by atoms with Crippen LogP contribution in [0.2, 0.25) is 0 Å². The summed E-state index contributed by atoms with van der Waals surface area (Å²) < 4.78 is 9.31. The van der Waals surface area contributed by atoms with Crippen LogP contribution in [0.4, 0.5) is 0 Å². The second-order valence-electron chi connectivity index (χ2n) is 13.9. The Morgan fingerprint density at radius 2 is 1.47 bits per heavy atom. The topological polar surface area (TPSA) is 13.1 Å². The maximum atomic E-state index is 7.02. The summed E-state index contributed by atoms with van der Waals surface area (Å²) in [4.78, 5) is 0. The third-order valence-electron chi connectivity index (χ3n) is 7.94. The molecule has 2 heterocycles. The average molecular weight is 503 g/mol. The van der Waals surface area contributed by atoms with Gasteiger partial charge in [0.25, 0.3) is 0 Å². The van der Waals surface area contributed by atoms with Crippen molar-refractivity contribution in [3.63, 3.8) is 0 Å². The highest BCUT2D eigenvalue weighted by Crippen LogP contribution is 2.52. The van der Waals surface area contributed by atoms with E-state index < -0.39 is 0 Å². The van der Waals surface area contributed by atoms with Gasteiger partial charge < -0.3 is 4.74 Å². The molecule has 0 spiro atoms. The van der Waals surface area contributed by atoms with Crippen molar-refractivity contribution in [2.75, 3.05) is 0 Å². The molecule has 1 aliphatic heterocycles. The number of benzene rings is 4. The molecule has 194 valence electrons. The van der Waals surface area contributed by atoms with Crippen molar-refractivity contribution in [1.29, 1.82) is 0 Å². The Balaban J connectivity index is 1.73. The van der Waals surface area contributed by atoms with E-state index in [0.29, 0.717) is 0 Å². The van der Waals surface area contributed by atoms with Crippen LogP contribution in [-0.4, -0.2) is 0 Å². The maximum absolute atomic E-state index is 7.02. The standard InChI is InChI=1S/C36H40NO/c1-21-10-13-25-22(2)31-33-32-26(14-15-37(33)9)27-17-23(19-35(3,4)5)11-12-24(27)18-30(32)38-34(31)29(28(25)16-21)20-36(6,7)8/h10-18H,19-20H2,1-9H3/q+1. The molecule has 1 aromatic heterocycles. The zero-order valence-electron chi connectivity index (χ0n) is 24.5. The van der Waals surface area contributed by atoms with Crippen LogP contribution in [0.25, 0.3) is 43.6 Å². The molecule has 0 saturated heterocycles. The fraction of sp³-hybridized carbons (Fsp3) is 0.361. The molecule has 0 unspecified atom stereocenters. The number of hydrogen-bond acceptors (Lipinski definition) is 1. The van der Waals surface area contributed by atoms with Gasteiger partial charge >= 0.3 is 0 Å². The van der Waals surface area contributed by atoms with Crippen LogP contribution in [-0.2, 0) is 19.9 Å². The Hall–Kier alpha value is -3.39. The van der Waals surface area contributed by atoms with Crippen molar-refractivity contribution in [1.82, 2.24) is 0 Å². The quantitative estimate of drug-likeness (QED) is 0.170. The zero-order valence-corrected chi connectivity index (χ0v) is 24.5. The summed E-state index contributed by atoms with van der Waals surface area (Å²) in [5.74, 6) is 2.01. The highest BCUT2D eigenvalue weighted by Gasteiger charge is 2.34. The van der Waals surface area contributed by atoms with E-state index in [0.717, 1.165) is 24.3 Å². The van der Waals surface area contributed by atoms with Crippen LogP contribution in [0.3, 0.4) is 0 Å². The van der Waals surface area contributed by atoms with Gasteiger partial charge in [0.05, 0.1) is 10.9 Å². The number of pyridine rings is 1. The summed E-state index contributed by atoms with van der Waals surface area (Å²) >= 11 is 0. The summed E-state index contributed by atoms with van der Waals surface area (Å²) in [6.45, 7) is 18.3. The molecule has 5 aromatic rings. The van der Waals surface area contributed by atoms with Gasteiger partial charge in [-0.25, -0.2) is 4.57 Å². The van der Waals surface area contributed by atoms with Gasteiger partial charge in [0, 0.05) is 17.0 Å². The minimum absolute atomic E-state index is 0.129. The molecule has 38 heavy (non-hydrogen) atoms.